The maximum absolute atomic E-state index is 6.33. The van der Waals surface area contributed by atoms with Gasteiger partial charge in [-0.25, -0.2) is 0 Å². The van der Waals surface area contributed by atoms with Crippen molar-refractivity contribution in [1.29, 1.82) is 0 Å². The summed E-state index contributed by atoms with van der Waals surface area (Å²) < 4.78 is 6.33. The van der Waals surface area contributed by atoms with Crippen LogP contribution in [0.15, 0.2) is 80.9 Å². The van der Waals surface area contributed by atoms with E-state index in [1.807, 2.05) is 0 Å². The second kappa shape index (κ2) is 5.43. The predicted molar refractivity (Wildman–Crippen MR) is 104 cm³/mol. The van der Waals surface area contributed by atoms with Crippen LogP contribution in [0.2, 0.25) is 0 Å². The van der Waals surface area contributed by atoms with Crippen molar-refractivity contribution >= 4 is 40.0 Å². The number of furan rings is 1. The van der Waals surface area contributed by atoms with Crippen molar-refractivity contribution in [3.05, 3.63) is 77.9 Å². The maximum atomic E-state index is 6.33. The van der Waals surface area contributed by atoms with Gasteiger partial charge >= 0.3 is 0 Å². The molecule has 0 saturated heterocycles. The number of rotatable bonds is 1. The van der Waals surface area contributed by atoms with Gasteiger partial charge in [0, 0.05) is 10.3 Å². The first-order valence-corrected chi connectivity index (χ1v) is 9.20. The molecule has 5 rings (SSSR count). The van der Waals surface area contributed by atoms with E-state index in [1.165, 1.54) is 32.0 Å². The minimum Gasteiger partial charge on any atom is -0.439 e. The van der Waals surface area contributed by atoms with E-state index in [4.69, 9.17) is 4.42 Å². The summed E-state index contributed by atoms with van der Waals surface area (Å²) in [6.07, 6.45) is 0. The normalized spacial score (nSPS) is 13.0. The van der Waals surface area contributed by atoms with Crippen molar-refractivity contribution in [1.82, 2.24) is 0 Å². The molecule has 3 heteroatoms. The molecular formula is C22H17NOS. The monoisotopic (exact) mass is 343 g/mol. The first-order chi connectivity index (χ1) is 12.2. The molecule has 4 aromatic rings. The summed E-state index contributed by atoms with van der Waals surface area (Å²) in [5.74, 6) is 0.915. The van der Waals surface area contributed by atoms with Crippen LogP contribution in [0.1, 0.15) is 11.1 Å². The highest BCUT2D eigenvalue weighted by molar-refractivity contribution is 8.00. The fraction of sp³-hybridized carbons (Fsp3) is 0.0909. The lowest BCUT2D eigenvalue weighted by Gasteiger charge is -2.30. The van der Waals surface area contributed by atoms with Crippen molar-refractivity contribution in [2.75, 3.05) is 4.90 Å². The summed E-state index contributed by atoms with van der Waals surface area (Å²) in [6.45, 7) is 4.27. The molecule has 2 nitrogen and oxygen atoms in total. The van der Waals surface area contributed by atoms with Gasteiger partial charge in [0.1, 0.15) is 5.58 Å². The van der Waals surface area contributed by atoms with Crippen LogP contribution in [-0.2, 0) is 0 Å². The Bertz CT molecular complexity index is 1100. The van der Waals surface area contributed by atoms with Gasteiger partial charge in [-0.1, -0.05) is 53.7 Å². The Labute approximate surface area is 151 Å². The van der Waals surface area contributed by atoms with Gasteiger partial charge in [0.05, 0.1) is 16.3 Å². The molecule has 0 unspecified atom stereocenters. The zero-order valence-corrected chi connectivity index (χ0v) is 14.9. The predicted octanol–water partition coefficient (Wildman–Crippen LogP) is 6.98. The Morgan fingerprint density at radius 1 is 0.840 bits per heavy atom. The maximum Gasteiger partial charge on any atom is 0.219 e. The second-order valence-electron chi connectivity index (χ2n) is 6.43. The minimum absolute atomic E-state index is 0.915. The Balaban J connectivity index is 1.85. The Morgan fingerprint density at radius 3 is 2.44 bits per heavy atom. The van der Waals surface area contributed by atoms with Crippen molar-refractivity contribution in [2.24, 2.45) is 0 Å². The number of para-hydroxylation sites is 2. The smallest absolute Gasteiger partial charge is 0.219 e. The lowest BCUT2D eigenvalue weighted by molar-refractivity contribution is 0.611. The summed E-state index contributed by atoms with van der Waals surface area (Å²) in [5.41, 5.74) is 5.75. The average Bonchev–Trinajstić information content (AvgIpc) is 2.98. The third-order valence-electron chi connectivity index (χ3n) is 4.66. The molecule has 0 amide bonds. The summed E-state index contributed by atoms with van der Waals surface area (Å²) in [5, 5.41) is 1.19. The van der Waals surface area contributed by atoms with Gasteiger partial charge in [-0.2, -0.15) is 0 Å². The summed E-state index contributed by atoms with van der Waals surface area (Å²) >= 11 is 1.80. The summed E-state index contributed by atoms with van der Waals surface area (Å²) in [6, 6.07) is 23.4. The number of hydrogen-bond donors (Lipinski definition) is 0. The quantitative estimate of drug-likeness (QED) is 0.326. The molecule has 3 aromatic carbocycles. The number of aryl methyl sites for hydroxylation is 2. The largest absolute Gasteiger partial charge is 0.439 e. The fourth-order valence-corrected chi connectivity index (χ4v) is 4.54. The first kappa shape index (κ1) is 14.7. The highest BCUT2D eigenvalue weighted by Crippen LogP contribution is 2.55. The van der Waals surface area contributed by atoms with Crippen molar-refractivity contribution in [3.8, 4) is 0 Å². The van der Waals surface area contributed by atoms with Gasteiger partial charge in [-0.3, -0.25) is 4.90 Å². The molecule has 2 heterocycles. The van der Waals surface area contributed by atoms with E-state index >= 15 is 0 Å². The van der Waals surface area contributed by atoms with Crippen LogP contribution in [0.25, 0.3) is 11.0 Å². The van der Waals surface area contributed by atoms with Crippen LogP contribution in [-0.4, -0.2) is 0 Å². The van der Waals surface area contributed by atoms with Gasteiger partial charge in [0.15, 0.2) is 0 Å². The third-order valence-corrected chi connectivity index (χ3v) is 5.82. The standard InChI is InChI=1S/C22H17NOS/c1-14-11-12-19-16(13-14)21-22(24-19)23(17-8-4-3-7-15(17)2)18-9-5-6-10-20(18)25-21/h3-13H,1-2H3. The summed E-state index contributed by atoms with van der Waals surface area (Å²) in [7, 11) is 0. The molecular weight excluding hydrogens is 326 g/mol. The van der Waals surface area contributed by atoms with Crippen LogP contribution in [0.5, 0.6) is 0 Å². The van der Waals surface area contributed by atoms with Gasteiger partial charge in [-0.05, 0) is 49.7 Å². The van der Waals surface area contributed by atoms with E-state index < -0.39 is 0 Å². The topological polar surface area (TPSA) is 16.4 Å². The Morgan fingerprint density at radius 2 is 1.60 bits per heavy atom. The molecule has 0 saturated carbocycles. The molecule has 0 spiro atoms. The van der Waals surface area contributed by atoms with Crippen LogP contribution in [0, 0.1) is 13.8 Å². The van der Waals surface area contributed by atoms with Gasteiger partial charge in [-0.15, -0.1) is 0 Å². The molecule has 0 bridgehead atoms. The first-order valence-electron chi connectivity index (χ1n) is 8.38. The van der Waals surface area contributed by atoms with E-state index in [9.17, 15) is 0 Å². The number of anilines is 3. The Kier molecular flexibility index (Phi) is 3.19. The van der Waals surface area contributed by atoms with E-state index in [1.54, 1.807) is 11.8 Å². The van der Waals surface area contributed by atoms with Crippen LogP contribution < -0.4 is 4.90 Å². The number of benzene rings is 3. The lowest BCUT2D eigenvalue weighted by Crippen LogP contribution is -2.14. The highest BCUT2D eigenvalue weighted by atomic mass is 32.2. The van der Waals surface area contributed by atoms with Gasteiger partial charge in [0.25, 0.3) is 0 Å². The molecule has 122 valence electrons. The van der Waals surface area contributed by atoms with Crippen molar-refractivity contribution < 1.29 is 4.42 Å². The zero-order valence-electron chi connectivity index (χ0n) is 14.1. The summed E-state index contributed by atoms with van der Waals surface area (Å²) in [4.78, 5) is 4.70. The molecule has 1 aliphatic rings. The van der Waals surface area contributed by atoms with E-state index in [2.05, 4.69) is 85.5 Å². The number of nitrogens with zero attached hydrogens (tertiary/aromatic N) is 1. The third kappa shape index (κ3) is 2.19. The zero-order chi connectivity index (χ0) is 17.0. The van der Waals surface area contributed by atoms with Crippen molar-refractivity contribution in [2.45, 2.75) is 23.6 Å². The van der Waals surface area contributed by atoms with Gasteiger partial charge < -0.3 is 4.42 Å². The molecule has 1 aliphatic heterocycles. The SMILES string of the molecule is Cc1ccc2oc3c(c2c1)Sc1ccccc1N3c1ccccc1C. The van der Waals surface area contributed by atoms with E-state index in [0.717, 1.165) is 17.2 Å². The molecule has 1 aromatic heterocycles. The molecule has 0 aliphatic carbocycles. The van der Waals surface area contributed by atoms with Crippen LogP contribution in [0.4, 0.5) is 17.3 Å². The lowest BCUT2D eigenvalue weighted by atomic mass is 10.1. The number of fused-ring (bicyclic) bond motifs is 4. The molecule has 0 N–H and O–H groups in total. The van der Waals surface area contributed by atoms with Gasteiger partial charge in [0.2, 0.25) is 5.88 Å². The fourth-order valence-electron chi connectivity index (χ4n) is 3.42. The van der Waals surface area contributed by atoms with Crippen molar-refractivity contribution in [3.63, 3.8) is 0 Å². The Hall–Kier alpha value is -2.65. The molecule has 25 heavy (non-hydrogen) atoms. The second-order valence-corrected chi connectivity index (χ2v) is 7.48. The average molecular weight is 343 g/mol. The molecule has 0 atom stereocenters. The molecule has 0 radical (unpaired) electrons. The molecule has 0 fully saturated rings. The number of hydrogen-bond acceptors (Lipinski definition) is 3. The van der Waals surface area contributed by atoms with Crippen LogP contribution in [0.3, 0.4) is 0 Å². The van der Waals surface area contributed by atoms with E-state index in [0.29, 0.717) is 0 Å². The minimum atomic E-state index is 0.915. The van der Waals surface area contributed by atoms with E-state index in [-0.39, 0.29) is 0 Å². The highest BCUT2D eigenvalue weighted by Gasteiger charge is 2.30. The van der Waals surface area contributed by atoms with Crippen LogP contribution >= 0.6 is 11.8 Å².